The van der Waals surface area contributed by atoms with E-state index >= 15 is 0 Å². The average molecular weight is 455 g/mol. The van der Waals surface area contributed by atoms with Crippen molar-refractivity contribution in [2.75, 3.05) is 19.5 Å². The van der Waals surface area contributed by atoms with E-state index in [1.807, 2.05) is 30.3 Å². The van der Waals surface area contributed by atoms with Crippen molar-refractivity contribution >= 4 is 28.6 Å². The molecule has 4 rings (SSSR count). The van der Waals surface area contributed by atoms with Crippen molar-refractivity contribution in [1.82, 2.24) is 4.98 Å². The standard InChI is InChI=1S/C23H26BNO6S/c1-30-14-18-15-32(28,29)22-13-24(27)31-21(23(18)22)9-8-17(20-7-2-3-10-25-20)11-16-5-4-6-19(26)12-16/h2-7,10-12,21-22,26-27H,8-9,13-15H2,1H3/b17-11-/t21-,22+/m1/s1. The molecule has 2 aromatic rings. The average Bonchev–Trinajstić information content (AvgIpc) is 3.01. The number of allylic oxidation sites excluding steroid dienone is 1. The summed E-state index contributed by atoms with van der Waals surface area (Å²) >= 11 is 0. The number of aromatic hydroxyl groups is 1. The van der Waals surface area contributed by atoms with E-state index in [4.69, 9.17) is 9.39 Å². The summed E-state index contributed by atoms with van der Waals surface area (Å²) in [7, 11) is -2.96. The molecule has 2 aliphatic rings. The van der Waals surface area contributed by atoms with Gasteiger partial charge in [-0.05, 0) is 65.5 Å². The molecule has 1 aromatic carbocycles. The molecule has 0 bridgehead atoms. The van der Waals surface area contributed by atoms with Crippen LogP contribution in [-0.4, -0.2) is 61.5 Å². The largest absolute Gasteiger partial charge is 0.508 e. The van der Waals surface area contributed by atoms with Crippen LogP contribution in [0.5, 0.6) is 5.75 Å². The summed E-state index contributed by atoms with van der Waals surface area (Å²) in [4.78, 5) is 4.46. The Morgan fingerprint density at radius 3 is 2.88 bits per heavy atom. The fourth-order valence-electron chi connectivity index (χ4n) is 4.51. The van der Waals surface area contributed by atoms with Crippen molar-refractivity contribution < 1.29 is 27.9 Å². The van der Waals surface area contributed by atoms with Gasteiger partial charge in [0.05, 0.1) is 29.4 Å². The second-order valence-corrected chi connectivity index (χ2v) is 10.3. The molecule has 1 saturated heterocycles. The van der Waals surface area contributed by atoms with Gasteiger partial charge in [0.1, 0.15) is 5.75 Å². The van der Waals surface area contributed by atoms with Gasteiger partial charge in [-0.3, -0.25) is 4.98 Å². The van der Waals surface area contributed by atoms with Crippen molar-refractivity contribution in [2.24, 2.45) is 0 Å². The van der Waals surface area contributed by atoms with E-state index in [1.54, 1.807) is 24.4 Å². The molecule has 0 saturated carbocycles. The monoisotopic (exact) mass is 455 g/mol. The van der Waals surface area contributed by atoms with Gasteiger partial charge in [0.15, 0.2) is 9.84 Å². The van der Waals surface area contributed by atoms with E-state index in [2.05, 4.69) is 4.98 Å². The van der Waals surface area contributed by atoms with Crippen LogP contribution in [0.2, 0.25) is 6.32 Å². The number of methoxy groups -OCH3 is 1. The normalized spacial score (nSPS) is 22.8. The predicted molar refractivity (Wildman–Crippen MR) is 124 cm³/mol. The van der Waals surface area contributed by atoms with Gasteiger partial charge in [-0.15, -0.1) is 0 Å². The summed E-state index contributed by atoms with van der Waals surface area (Å²) in [6.07, 6.45) is 4.21. The number of benzene rings is 1. The van der Waals surface area contributed by atoms with E-state index < -0.39 is 28.3 Å². The molecule has 2 aliphatic heterocycles. The van der Waals surface area contributed by atoms with E-state index in [0.29, 0.717) is 12.8 Å². The highest BCUT2D eigenvalue weighted by molar-refractivity contribution is 7.92. The van der Waals surface area contributed by atoms with Crippen molar-refractivity contribution in [3.05, 3.63) is 71.1 Å². The first-order valence-electron chi connectivity index (χ1n) is 10.5. The minimum absolute atomic E-state index is 0.0492. The number of nitrogens with zero attached hydrogens (tertiary/aromatic N) is 1. The first-order valence-corrected chi connectivity index (χ1v) is 12.3. The van der Waals surface area contributed by atoms with Gasteiger partial charge in [-0.2, -0.15) is 0 Å². The number of aromatic nitrogens is 1. The second kappa shape index (κ2) is 9.58. The Kier molecular flexibility index (Phi) is 6.81. The molecule has 32 heavy (non-hydrogen) atoms. The van der Waals surface area contributed by atoms with Gasteiger partial charge in [0, 0.05) is 19.6 Å². The van der Waals surface area contributed by atoms with E-state index in [1.165, 1.54) is 7.11 Å². The fourth-order valence-corrected chi connectivity index (χ4v) is 6.61. The first-order chi connectivity index (χ1) is 15.4. The summed E-state index contributed by atoms with van der Waals surface area (Å²) in [5, 5.41) is 19.3. The minimum Gasteiger partial charge on any atom is -0.508 e. The van der Waals surface area contributed by atoms with Gasteiger partial charge in [-0.1, -0.05) is 18.2 Å². The van der Waals surface area contributed by atoms with Gasteiger partial charge in [0.25, 0.3) is 0 Å². The quantitative estimate of drug-likeness (QED) is 0.489. The van der Waals surface area contributed by atoms with Crippen LogP contribution >= 0.6 is 0 Å². The molecule has 0 aliphatic carbocycles. The van der Waals surface area contributed by atoms with Crippen LogP contribution in [0.25, 0.3) is 11.6 Å². The smallest absolute Gasteiger partial charge is 0.456 e. The van der Waals surface area contributed by atoms with Crippen molar-refractivity contribution in [3.8, 4) is 5.75 Å². The summed E-state index contributed by atoms with van der Waals surface area (Å²) in [6, 6.07) is 12.6. The number of phenols is 1. The topological polar surface area (TPSA) is 106 Å². The molecule has 0 spiro atoms. The molecule has 9 heteroatoms. The van der Waals surface area contributed by atoms with Crippen LogP contribution in [0.4, 0.5) is 0 Å². The lowest BCUT2D eigenvalue weighted by Crippen LogP contribution is -2.42. The summed E-state index contributed by atoms with van der Waals surface area (Å²) in [6.45, 7) is 0.229. The number of sulfone groups is 1. The van der Waals surface area contributed by atoms with Crippen LogP contribution in [0.1, 0.15) is 24.1 Å². The number of hydrogen-bond acceptors (Lipinski definition) is 7. The number of ether oxygens (including phenoxy) is 1. The lowest BCUT2D eigenvalue weighted by molar-refractivity contribution is 0.167. The Morgan fingerprint density at radius 1 is 1.31 bits per heavy atom. The third-order valence-corrected chi connectivity index (χ3v) is 7.91. The zero-order valence-electron chi connectivity index (χ0n) is 17.8. The van der Waals surface area contributed by atoms with Crippen molar-refractivity contribution in [2.45, 2.75) is 30.5 Å². The van der Waals surface area contributed by atoms with E-state index in [9.17, 15) is 18.5 Å². The molecular formula is C23H26BNO6S. The molecule has 0 amide bonds. The number of pyridine rings is 1. The van der Waals surface area contributed by atoms with E-state index in [-0.39, 0.29) is 24.4 Å². The van der Waals surface area contributed by atoms with Crippen molar-refractivity contribution in [3.63, 3.8) is 0 Å². The number of fused-ring (bicyclic) bond motifs is 1. The molecule has 3 heterocycles. The number of hydrogen-bond donors (Lipinski definition) is 2. The van der Waals surface area contributed by atoms with Gasteiger partial charge in [-0.25, -0.2) is 8.42 Å². The SMILES string of the molecule is COCC1=C2[C@@H](CC/C(=C/c3cccc(O)c3)c3ccccn3)OB(O)C[C@@H]2S(=O)(=O)C1. The molecule has 2 N–H and O–H groups in total. The Balaban J connectivity index is 1.64. The molecular weight excluding hydrogens is 429 g/mol. The number of rotatable bonds is 7. The Morgan fingerprint density at radius 2 is 2.16 bits per heavy atom. The maximum Gasteiger partial charge on any atom is 0.456 e. The number of phenolic OH excluding ortho intramolecular Hbond substituents is 1. The second-order valence-electron chi connectivity index (χ2n) is 8.12. The third-order valence-electron chi connectivity index (χ3n) is 5.85. The Bertz CT molecular complexity index is 1130. The molecule has 7 nitrogen and oxygen atoms in total. The molecule has 1 aromatic heterocycles. The van der Waals surface area contributed by atoms with Crippen LogP contribution < -0.4 is 0 Å². The Hall–Kier alpha value is -2.46. The van der Waals surface area contributed by atoms with Gasteiger partial charge >= 0.3 is 7.12 Å². The zero-order chi connectivity index (χ0) is 22.7. The zero-order valence-corrected chi connectivity index (χ0v) is 18.7. The summed E-state index contributed by atoms with van der Waals surface area (Å²) < 4.78 is 36.5. The van der Waals surface area contributed by atoms with Crippen molar-refractivity contribution in [1.29, 1.82) is 0 Å². The summed E-state index contributed by atoms with van der Waals surface area (Å²) in [5.74, 6) is 0.117. The Labute approximate surface area is 188 Å². The van der Waals surface area contributed by atoms with Gasteiger partial charge in [0.2, 0.25) is 0 Å². The lowest BCUT2D eigenvalue weighted by Gasteiger charge is -2.32. The maximum absolute atomic E-state index is 12.7. The highest BCUT2D eigenvalue weighted by Crippen LogP contribution is 2.40. The minimum atomic E-state index is -3.38. The summed E-state index contributed by atoms with van der Waals surface area (Å²) in [5.41, 5.74) is 4.00. The van der Waals surface area contributed by atoms with Crippen LogP contribution in [0.3, 0.4) is 0 Å². The first kappa shape index (κ1) is 22.7. The molecule has 0 radical (unpaired) electrons. The van der Waals surface area contributed by atoms with E-state index in [0.717, 1.165) is 28.0 Å². The highest BCUT2D eigenvalue weighted by Gasteiger charge is 2.48. The highest BCUT2D eigenvalue weighted by atomic mass is 32.2. The van der Waals surface area contributed by atoms with Crippen LogP contribution in [-0.2, 0) is 19.2 Å². The van der Waals surface area contributed by atoms with Crippen LogP contribution in [0.15, 0.2) is 59.8 Å². The molecule has 0 unspecified atom stereocenters. The fraction of sp³-hybridized carbons (Fsp3) is 0.348. The predicted octanol–water partition coefficient (Wildman–Crippen LogP) is 2.73. The molecule has 1 fully saturated rings. The van der Waals surface area contributed by atoms with Gasteiger partial charge < -0.3 is 19.5 Å². The third kappa shape index (κ3) is 4.96. The molecule has 2 atom stereocenters. The lowest BCUT2D eigenvalue weighted by atomic mass is 9.74. The van der Waals surface area contributed by atoms with Crippen LogP contribution in [0, 0.1) is 0 Å². The molecule has 168 valence electrons. The maximum atomic E-state index is 12.7.